The smallest absolute Gasteiger partial charge is 0.0947 e. The Morgan fingerprint density at radius 2 is 2.25 bits per heavy atom. The maximum absolute atomic E-state index is 4.66. The number of benzene rings is 1. The average Bonchev–Trinajstić information content (AvgIpc) is 2.67. The van der Waals surface area contributed by atoms with Gasteiger partial charge in [0.05, 0.1) is 15.2 Å². The molecular formula is C12H15NS3. The van der Waals surface area contributed by atoms with Gasteiger partial charge in [-0.05, 0) is 23.6 Å². The number of hydrogen-bond acceptors (Lipinski definition) is 4. The van der Waals surface area contributed by atoms with E-state index in [2.05, 4.69) is 48.7 Å². The monoisotopic (exact) mass is 269 g/mol. The predicted octanol–water partition coefficient (Wildman–Crippen LogP) is 4.54. The molecule has 0 amide bonds. The molecule has 0 saturated heterocycles. The summed E-state index contributed by atoms with van der Waals surface area (Å²) in [4.78, 5) is 4.66. The maximum Gasteiger partial charge on any atom is 0.0947 e. The van der Waals surface area contributed by atoms with Crippen LogP contribution in [0, 0.1) is 0 Å². The van der Waals surface area contributed by atoms with Gasteiger partial charge in [0.15, 0.2) is 0 Å². The SMILES string of the molecule is CC(C)c1ccc2sc(CCSS)nc2c1. The number of nitrogens with zero attached hydrogens (tertiary/aromatic N) is 1. The van der Waals surface area contributed by atoms with E-state index in [1.807, 2.05) is 0 Å². The van der Waals surface area contributed by atoms with Crippen LogP contribution in [-0.4, -0.2) is 10.7 Å². The summed E-state index contributed by atoms with van der Waals surface area (Å²) in [5.74, 6) is 1.60. The quantitative estimate of drug-likeness (QED) is 0.646. The Kier molecular flexibility index (Phi) is 4.16. The molecule has 0 saturated carbocycles. The van der Waals surface area contributed by atoms with Crippen LogP contribution in [-0.2, 0) is 6.42 Å². The number of thiol groups is 1. The molecule has 0 unspecified atom stereocenters. The zero-order chi connectivity index (χ0) is 11.5. The molecule has 0 aliphatic heterocycles. The fourth-order valence-corrected chi connectivity index (χ4v) is 3.23. The number of fused-ring (bicyclic) bond motifs is 1. The fourth-order valence-electron chi connectivity index (χ4n) is 1.59. The molecule has 0 bridgehead atoms. The number of hydrogen-bond donors (Lipinski definition) is 1. The second-order valence-corrected chi connectivity index (χ2v) is 6.63. The Morgan fingerprint density at radius 1 is 1.44 bits per heavy atom. The van der Waals surface area contributed by atoms with Gasteiger partial charge in [-0.25, -0.2) is 4.98 Å². The number of thiazole rings is 1. The van der Waals surface area contributed by atoms with E-state index in [0.29, 0.717) is 5.92 Å². The molecule has 0 aliphatic carbocycles. The summed E-state index contributed by atoms with van der Waals surface area (Å²) < 4.78 is 1.29. The van der Waals surface area contributed by atoms with E-state index in [4.69, 9.17) is 0 Å². The van der Waals surface area contributed by atoms with Gasteiger partial charge in [-0.2, -0.15) is 0 Å². The maximum atomic E-state index is 4.66. The van der Waals surface area contributed by atoms with Crippen molar-refractivity contribution in [1.82, 2.24) is 4.98 Å². The molecule has 0 atom stereocenters. The molecule has 1 heterocycles. The van der Waals surface area contributed by atoms with Crippen LogP contribution in [0.4, 0.5) is 0 Å². The van der Waals surface area contributed by atoms with Crippen LogP contribution in [0.3, 0.4) is 0 Å². The predicted molar refractivity (Wildman–Crippen MR) is 78.9 cm³/mol. The third-order valence-electron chi connectivity index (χ3n) is 2.53. The van der Waals surface area contributed by atoms with Crippen LogP contribution >= 0.6 is 33.8 Å². The lowest BCUT2D eigenvalue weighted by Gasteiger charge is -2.03. The highest BCUT2D eigenvalue weighted by Crippen LogP contribution is 2.26. The lowest BCUT2D eigenvalue weighted by atomic mass is 10.0. The summed E-state index contributed by atoms with van der Waals surface area (Å²) in [5.41, 5.74) is 2.52. The van der Waals surface area contributed by atoms with Gasteiger partial charge < -0.3 is 0 Å². The zero-order valence-corrected chi connectivity index (χ0v) is 12.0. The largest absolute Gasteiger partial charge is 0.241 e. The first-order valence-electron chi connectivity index (χ1n) is 5.36. The third-order valence-corrected chi connectivity index (χ3v) is 4.56. The Balaban J connectivity index is 2.30. The molecule has 2 rings (SSSR count). The van der Waals surface area contributed by atoms with Crippen molar-refractivity contribution in [3.63, 3.8) is 0 Å². The molecule has 2 aromatic rings. The van der Waals surface area contributed by atoms with Crippen LogP contribution in [0.25, 0.3) is 10.2 Å². The summed E-state index contributed by atoms with van der Waals surface area (Å²) in [7, 11) is 1.58. The molecule has 0 spiro atoms. The molecule has 1 aromatic carbocycles. The van der Waals surface area contributed by atoms with Crippen molar-refractivity contribution in [2.24, 2.45) is 0 Å². The van der Waals surface area contributed by atoms with Crippen LogP contribution in [0.2, 0.25) is 0 Å². The second-order valence-electron chi connectivity index (χ2n) is 4.07. The van der Waals surface area contributed by atoms with Gasteiger partial charge in [-0.3, -0.25) is 0 Å². The highest BCUT2D eigenvalue weighted by atomic mass is 33.1. The van der Waals surface area contributed by atoms with Gasteiger partial charge >= 0.3 is 0 Å². The van der Waals surface area contributed by atoms with E-state index in [1.165, 1.54) is 15.3 Å². The molecule has 0 fully saturated rings. The molecule has 1 aromatic heterocycles. The topological polar surface area (TPSA) is 12.9 Å². The van der Waals surface area contributed by atoms with Gasteiger partial charge in [0, 0.05) is 12.2 Å². The third kappa shape index (κ3) is 2.73. The van der Waals surface area contributed by atoms with Crippen LogP contribution < -0.4 is 0 Å². The van der Waals surface area contributed by atoms with Crippen LogP contribution in [0.15, 0.2) is 18.2 Å². The Hall–Kier alpha value is -0.190. The van der Waals surface area contributed by atoms with E-state index in [1.54, 1.807) is 22.1 Å². The van der Waals surface area contributed by atoms with Crippen molar-refractivity contribution < 1.29 is 0 Å². The van der Waals surface area contributed by atoms with Crippen LogP contribution in [0.5, 0.6) is 0 Å². The summed E-state index contributed by atoms with van der Waals surface area (Å²) in [6.45, 7) is 4.43. The average molecular weight is 269 g/mol. The van der Waals surface area contributed by atoms with Gasteiger partial charge in [0.2, 0.25) is 0 Å². The number of aromatic nitrogens is 1. The van der Waals surface area contributed by atoms with Gasteiger partial charge in [-0.1, -0.05) is 30.7 Å². The normalized spacial score (nSPS) is 11.5. The molecule has 0 radical (unpaired) electrons. The summed E-state index contributed by atoms with van der Waals surface area (Å²) in [6, 6.07) is 6.62. The molecular weight excluding hydrogens is 254 g/mol. The van der Waals surface area contributed by atoms with Gasteiger partial charge in [0.25, 0.3) is 0 Å². The lowest BCUT2D eigenvalue weighted by Crippen LogP contribution is -1.86. The van der Waals surface area contributed by atoms with Crippen molar-refractivity contribution >= 4 is 44.0 Å². The molecule has 1 nitrogen and oxygen atoms in total. The minimum atomic E-state index is 0.572. The Morgan fingerprint density at radius 3 is 2.94 bits per heavy atom. The van der Waals surface area contributed by atoms with Crippen molar-refractivity contribution in [3.8, 4) is 0 Å². The summed E-state index contributed by atoms with van der Waals surface area (Å²) >= 11 is 5.95. The Bertz CT molecular complexity index is 476. The van der Waals surface area contributed by atoms with Gasteiger partial charge in [-0.15, -0.1) is 23.0 Å². The lowest BCUT2D eigenvalue weighted by molar-refractivity contribution is 0.868. The van der Waals surface area contributed by atoms with E-state index < -0.39 is 0 Å². The minimum Gasteiger partial charge on any atom is -0.241 e. The highest BCUT2D eigenvalue weighted by molar-refractivity contribution is 8.68. The van der Waals surface area contributed by atoms with Crippen LogP contribution in [0.1, 0.15) is 30.3 Å². The van der Waals surface area contributed by atoms with E-state index in [9.17, 15) is 0 Å². The number of rotatable bonds is 4. The first-order valence-corrected chi connectivity index (χ1v) is 8.22. The highest BCUT2D eigenvalue weighted by Gasteiger charge is 2.06. The molecule has 0 aliphatic rings. The van der Waals surface area contributed by atoms with E-state index in [0.717, 1.165) is 17.7 Å². The molecule has 4 heteroatoms. The van der Waals surface area contributed by atoms with Crippen molar-refractivity contribution in [2.75, 3.05) is 5.75 Å². The zero-order valence-electron chi connectivity index (χ0n) is 9.43. The van der Waals surface area contributed by atoms with Crippen molar-refractivity contribution in [2.45, 2.75) is 26.2 Å². The summed E-state index contributed by atoms with van der Waals surface area (Å²) in [5, 5.41) is 1.22. The Labute approximate surface area is 109 Å². The standard InChI is InChI=1S/C12H15NS3/c1-8(2)9-3-4-11-10(7-9)13-12(16-11)5-6-15-14/h3-4,7-8,14H,5-6H2,1-2H3. The fraction of sp³-hybridized carbons (Fsp3) is 0.417. The van der Waals surface area contributed by atoms with E-state index in [-0.39, 0.29) is 0 Å². The molecule has 0 N–H and O–H groups in total. The first kappa shape index (κ1) is 12.3. The molecule has 86 valence electrons. The number of aryl methyl sites for hydroxylation is 1. The summed E-state index contributed by atoms with van der Waals surface area (Å²) in [6.07, 6.45) is 1.02. The second kappa shape index (κ2) is 5.43. The minimum absolute atomic E-state index is 0.572. The van der Waals surface area contributed by atoms with Crippen molar-refractivity contribution in [1.29, 1.82) is 0 Å². The van der Waals surface area contributed by atoms with Gasteiger partial charge in [0.1, 0.15) is 0 Å². The van der Waals surface area contributed by atoms with E-state index >= 15 is 0 Å². The first-order chi connectivity index (χ1) is 7.70. The van der Waals surface area contributed by atoms with Crippen molar-refractivity contribution in [3.05, 3.63) is 28.8 Å². The molecule has 16 heavy (non-hydrogen) atoms.